The van der Waals surface area contributed by atoms with E-state index in [9.17, 15) is 0 Å². The van der Waals surface area contributed by atoms with Crippen LogP contribution in [0.3, 0.4) is 0 Å². The molecule has 8 aromatic rings. The summed E-state index contributed by atoms with van der Waals surface area (Å²) >= 11 is 0. The van der Waals surface area contributed by atoms with Gasteiger partial charge in [0.1, 0.15) is 0 Å². The van der Waals surface area contributed by atoms with Crippen molar-refractivity contribution >= 4 is 43.6 Å². The third-order valence-corrected chi connectivity index (χ3v) is 9.14. The number of fused-ring (bicyclic) bond motifs is 12. The Balaban J connectivity index is 1.67. The normalized spacial score (nSPS) is 13.8. The lowest BCUT2D eigenvalue weighted by Crippen LogP contribution is -2.16. The minimum Gasteiger partial charge on any atom is -0.309 e. The Morgan fingerprint density at radius 1 is 0.561 bits per heavy atom. The molecule has 0 fully saturated rings. The Hall–Kier alpha value is -5.15. The van der Waals surface area contributed by atoms with Crippen LogP contribution < -0.4 is 0 Å². The lowest BCUT2D eigenvalue weighted by molar-refractivity contribution is 0.664. The summed E-state index contributed by atoms with van der Waals surface area (Å²) in [4.78, 5) is 4.55. The lowest BCUT2D eigenvalue weighted by Gasteiger charge is -2.24. The van der Waals surface area contributed by atoms with Crippen LogP contribution in [0.2, 0.25) is 0 Å². The minimum absolute atomic E-state index is 0.199. The maximum Gasteiger partial charge on any atom is 0.0645 e. The molecule has 3 aromatic heterocycles. The van der Waals surface area contributed by atoms with E-state index in [4.69, 9.17) is 0 Å². The van der Waals surface area contributed by atoms with Crippen molar-refractivity contribution in [2.24, 2.45) is 0 Å². The summed E-state index contributed by atoms with van der Waals surface area (Å²) in [6.07, 6.45) is 3.84. The molecule has 0 radical (unpaired) electrons. The molecular formula is C38H27N3. The van der Waals surface area contributed by atoms with E-state index in [2.05, 4.69) is 137 Å². The number of benzene rings is 5. The fraction of sp³-hybridized carbons (Fsp3) is 0.0789. The quantitative estimate of drug-likeness (QED) is 0.220. The highest BCUT2D eigenvalue weighted by molar-refractivity contribution is 6.33. The Morgan fingerprint density at radius 2 is 1.15 bits per heavy atom. The van der Waals surface area contributed by atoms with Gasteiger partial charge in [0.15, 0.2) is 0 Å². The number of hydrogen-bond acceptors (Lipinski definition) is 1. The number of hydrogen-bond donors (Lipinski definition) is 0. The first-order chi connectivity index (χ1) is 20.2. The summed E-state index contributed by atoms with van der Waals surface area (Å²) in [7, 11) is 0. The van der Waals surface area contributed by atoms with Crippen molar-refractivity contribution in [2.45, 2.75) is 19.3 Å². The molecule has 3 nitrogen and oxygen atoms in total. The summed E-state index contributed by atoms with van der Waals surface area (Å²) in [6, 6.07) is 41.8. The van der Waals surface area contributed by atoms with Crippen LogP contribution in [0.1, 0.15) is 25.0 Å². The van der Waals surface area contributed by atoms with E-state index in [1.165, 1.54) is 71.6 Å². The van der Waals surface area contributed by atoms with Crippen molar-refractivity contribution in [3.63, 3.8) is 0 Å². The standard InChI is InChI=1S/C38H27N3/c1-38(2)29-19-9-6-16-26(29)34-35(38)37-33(28-18-8-10-20-30(28)40(37)24-13-4-3-5-14-24)32-27-17-7-11-21-31(27)41(36(32)34)25-15-12-22-39-23-25/h3-23H,1-2H3. The van der Waals surface area contributed by atoms with Crippen molar-refractivity contribution in [3.8, 4) is 22.5 Å². The number of rotatable bonds is 2. The average Bonchev–Trinajstić information content (AvgIpc) is 3.62. The van der Waals surface area contributed by atoms with E-state index in [1.807, 2.05) is 18.5 Å². The maximum absolute atomic E-state index is 4.55. The summed E-state index contributed by atoms with van der Waals surface area (Å²) in [5.41, 5.74) is 12.5. The molecule has 194 valence electrons. The number of pyridine rings is 1. The van der Waals surface area contributed by atoms with Gasteiger partial charge in [-0.05, 0) is 53.1 Å². The Morgan fingerprint density at radius 3 is 1.85 bits per heavy atom. The van der Waals surface area contributed by atoms with E-state index in [0.717, 1.165) is 5.69 Å². The second kappa shape index (κ2) is 7.96. The van der Waals surface area contributed by atoms with Gasteiger partial charge < -0.3 is 9.13 Å². The van der Waals surface area contributed by atoms with E-state index >= 15 is 0 Å². The predicted molar refractivity (Wildman–Crippen MR) is 170 cm³/mol. The molecule has 3 heteroatoms. The molecule has 0 aliphatic heterocycles. The summed E-state index contributed by atoms with van der Waals surface area (Å²) < 4.78 is 4.95. The van der Waals surface area contributed by atoms with Gasteiger partial charge in [0, 0.05) is 44.4 Å². The van der Waals surface area contributed by atoms with Crippen LogP contribution in [-0.2, 0) is 5.41 Å². The molecule has 0 unspecified atom stereocenters. The highest BCUT2D eigenvalue weighted by atomic mass is 15.0. The van der Waals surface area contributed by atoms with E-state index in [0.29, 0.717) is 0 Å². The topological polar surface area (TPSA) is 22.8 Å². The Bertz CT molecular complexity index is 2320. The second-order valence-electron chi connectivity index (χ2n) is 11.6. The van der Waals surface area contributed by atoms with Gasteiger partial charge in [-0.25, -0.2) is 0 Å². The lowest BCUT2D eigenvalue weighted by atomic mass is 9.81. The van der Waals surface area contributed by atoms with Crippen LogP contribution >= 0.6 is 0 Å². The molecular weight excluding hydrogens is 498 g/mol. The molecule has 0 atom stereocenters. The molecule has 3 heterocycles. The fourth-order valence-corrected chi connectivity index (χ4v) is 7.55. The van der Waals surface area contributed by atoms with Gasteiger partial charge in [0.2, 0.25) is 0 Å². The molecule has 1 aliphatic rings. The average molecular weight is 526 g/mol. The van der Waals surface area contributed by atoms with Crippen LogP contribution in [0, 0.1) is 0 Å². The first kappa shape index (κ1) is 22.6. The van der Waals surface area contributed by atoms with Gasteiger partial charge in [-0.3, -0.25) is 4.98 Å². The molecule has 0 N–H and O–H groups in total. The fourth-order valence-electron chi connectivity index (χ4n) is 7.55. The third kappa shape index (κ3) is 2.80. The van der Waals surface area contributed by atoms with Crippen LogP contribution in [0.5, 0.6) is 0 Å². The van der Waals surface area contributed by atoms with E-state index in [-0.39, 0.29) is 5.41 Å². The largest absolute Gasteiger partial charge is 0.309 e. The van der Waals surface area contributed by atoms with Crippen LogP contribution in [-0.4, -0.2) is 14.1 Å². The second-order valence-corrected chi connectivity index (χ2v) is 11.6. The van der Waals surface area contributed by atoms with Crippen molar-refractivity contribution in [1.82, 2.24) is 14.1 Å². The van der Waals surface area contributed by atoms with Gasteiger partial charge in [-0.2, -0.15) is 0 Å². The Kier molecular flexibility index (Phi) is 4.39. The molecule has 9 rings (SSSR count). The molecule has 41 heavy (non-hydrogen) atoms. The van der Waals surface area contributed by atoms with Crippen molar-refractivity contribution < 1.29 is 0 Å². The number of aromatic nitrogens is 3. The molecule has 0 saturated carbocycles. The highest BCUT2D eigenvalue weighted by Gasteiger charge is 2.41. The zero-order valence-corrected chi connectivity index (χ0v) is 23.0. The maximum atomic E-state index is 4.55. The van der Waals surface area contributed by atoms with Crippen LogP contribution in [0.15, 0.2) is 128 Å². The summed E-state index contributed by atoms with van der Waals surface area (Å²) in [6.45, 7) is 4.79. The molecule has 0 spiro atoms. The number of para-hydroxylation sites is 3. The summed E-state index contributed by atoms with van der Waals surface area (Å²) in [5.74, 6) is 0. The molecule has 5 aromatic carbocycles. The van der Waals surface area contributed by atoms with Gasteiger partial charge in [-0.1, -0.05) is 92.7 Å². The SMILES string of the molecule is CC1(C)c2ccccc2-c2c1c1c(c3ccccc3n1-c1ccccc1)c1c3ccccc3n(-c3cccnc3)c21. The van der Waals surface area contributed by atoms with Gasteiger partial charge >= 0.3 is 0 Å². The highest BCUT2D eigenvalue weighted by Crippen LogP contribution is 2.57. The van der Waals surface area contributed by atoms with Crippen LogP contribution in [0.4, 0.5) is 0 Å². The Labute approximate surface area is 237 Å². The zero-order chi connectivity index (χ0) is 27.3. The van der Waals surface area contributed by atoms with E-state index < -0.39 is 0 Å². The van der Waals surface area contributed by atoms with Crippen molar-refractivity contribution in [1.29, 1.82) is 0 Å². The van der Waals surface area contributed by atoms with Crippen molar-refractivity contribution in [2.75, 3.05) is 0 Å². The van der Waals surface area contributed by atoms with E-state index in [1.54, 1.807) is 0 Å². The smallest absolute Gasteiger partial charge is 0.0645 e. The van der Waals surface area contributed by atoms with Gasteiger partial charge in [-0.15, -0.1) is 0 Å². The summed E-state index contributed by atoms with van der Waals surface area (Å²) in [5, 5.41) is 5.16. The first-order valence-electron chi connectivity index (χ1n) is 14.2. The van der Waals surface area contributed by atoms with Gasteiger partial charge in [0.25, 0.3) is 0 Å². The number of nitrogens with zero attached hydrogens (tertiary/aromatic N) is 3. The third-order valence-electron chi connectivity index (χ3n) is 9.14. The van der Waals surface area contributed by atoms with Gasteiger partial charge in [0.05, 0.1) is 34.0 Å². The molecule has 0 amide bonds. The van der Waals surface area contributed by atoms with Crippen molar-refractivity contribution in [3.05, 3.63) is 139 Å². The monoisotopic (exact) mass is 525 g/mol. The molecule has 1 aliphatic carbocycles. The predicted octanol–water partition coefficient (Wildman–Crippen LogP) is 9.58. The first-order valence-corrected chi connectivity index (χ1v) is 14.2. The molecule has 0 bridgehead atoms. The minimum atomic E-state index is -0.199. The molecule has 0 saturated heterocycles. The zero-order valence-electron chi connectivity index (χ0n) is 23.0. The van der Waals surface area contributed by atoms with Crippen LogP contribution in [0.25, 0.3) is 66.1 Å².